The molecule has 178 valence electrons. The van der Waals surface area contributed by atoms with E-state index in [1.165, 1.54) is 11.4 Å². The summed E-state index contributed by atoms with van der Waals surface area (Å²) in [5.41, 5.74) is 8.75. The SMILES string of the molecule is CCc1n([C@@H]2CC[C@H](C(C(N)=O)(c3ccccc3)c3ccccc3)C2)cc[n+]1Cc1ccccc1. The Morgan fingerprint density at radius 2 is 1.49 bits per heavy atom. The van der Waals surface area contributed by atoms with Gasteiger partial charge in [0.15, 0.2) is 0 Å². The second kappa shape index (κ2) is 9.91. The normalized spacial score (nSPS) is 18.0. The Balaban J connectivity index is 1.50. The molecule has 2 N–H and O–H groups in total. The van der Waals surface area contributed by atoms with Gasteiger partial charge in [0.2, 0.25) is 5.91 Å². The molecule has 1 aliphatic carbocycles. The van der Waals surface area contributed by atoms with Crippen LogP contribution in [-0.2, 0) is 23.2 Å². The van der Waals surface area contributed by atoms with Crippen LogP contribution in [0.5, 0.6) is 0 Å². The highest BCUT2D eigenvalue weighted by Crippen LogP contribution is 2.50. The van der Waals surface area contributed by atoms with Crippen LogP contribution in [0.3, 0.4) is 0 Å². The summed E-state index contributed by atoms with van der Waals surface area (Å²) in [5, 5.41) is 0. The van der Waals surface area contributed by atoms with Crippen molar-refractivity contribution in [3.8, 4) is 0 Å². The van der Waals surface area contributed by atoms with Gasteiger partial charge in [0.25, 0.3) is 5.82 Å². The third-order valence-corrected chi connectivity index (χ3v) is 7.81. The van der Waals surface area contributed by atoms with Crippen molar-refractivity contribution >= 4 is 5.91 Å². The maximum absolute atomic E-state index is 13.4. The third kappa shape index (κ3) is 4.18. The molecule has 0 radical (unpaired) electrons. The fourth-order valence-electron chi connectivity index (χ4n) is 6.24. The monoisotopic (exact) mass is 464 g/mol. The van der Waals surface area contributed by atoms with Crippen LogP contribution >= 0.6 is 0 Å². The number of benzene rings is 3. The van der Waals surface area contributed by atoms with E-state index in [1.807, 2.05) is 36.4 Å². The average molecular weight is 465 g/mol. The Labute approximate surface area is 208 Å². The Bertz CT molecular complexity index is 1230. The third-order valence-electron chi connectivity index (χ3n) is 7.81. The van der Waals surface area contributed by atoms with Crippen LogP contribution in [0, 0.1) is 5.92 Å². The van der Waals surface area contributed by atoms with Crippen molar-refractivity contribution in [2.45, 2.75) is 50.6 Å². The molecule has 0 spiro atoms. The smallest absolute Gasteiger partial charge is 0.256 e. The lowest BCUT2D eigenvalue weighted by Gasteiger charge is -2.37. The van der Waals surface area contributed by atoms with Crippen molar-refractivity contribution in [2.24, 2.45) is 11.7 Å². The van der Waals surface area contributed by atoms with Crippen molar-refractivity contribution in [1.29, 1.82) is 0 Å². The number of primary amides is 1. The number of carbonyl (C=O) groups is 1. The summed E-state index contributed by atoms with van der Waals surface area (Å²) in [6.45, 7) is 3.09. The molecule has 2 atom stereocenters. The summed E-state index contributed by atoms with van der Waals surface area (Å²) in [6, 6.07) is 31.2. The van der Waals surface area contributed by atoms with E-state index >= 15 is 0 Å². The molecule has 5 rings (SSSR count). The topological polar surface area (TPSA) is 51.9 Å². The molecule has 0 bridgehead atoms. The van der Waals surface area contributed by atoms with Gasteiger partial charge >= 0.3 is 0 Å². The average Bonchev–Trinajstić information content (AvgIpc) is 3.54. The van der Waals surface area contributed by atoms with Gasteiger partial charge in [-0.3, -0.25) is 4.79 Å². The molecule has 1 amide bonds. The molecular weight excluding hydrogens is 430 g/mol. The van der Waals surface area contributed by atoms with Crippen molar-refractivity contribution in [1.82, 2.24) is 4.57 Å². The van der Waals surface area contributed by atoms with E-state index in [1.54, 1.807) is 0 Å². The summed E-state index contributed by atoms with van der Waals surface area (Å²) in [7, 11) is 0. The second-order valence-corrected chi connectivity index (χ2v) is 9.66. The van der Waals surface area contributed by atoms with Gasteiger partial charge in [0.05, 0.1) is 0 Å². The predicted octanol–water partition coefficient (Wildman–Crippen LogP) is 5.20. The second-order valence-electron chi connectivity index (χ2n) is 9.66. The van der Waals surface area contributed by atoms with E-state index in [-0.39, 0.29) is 11.8 Å². The first kappa shape index (κ1) is 23.1. The van der Waals surface area contributed by atoms with E-state index in [4.69, 9.17) is 5.73 Å². The number of hydrogen-bond acceptors (Lipinski definition) is 1. The molecule has 0 aliphatic heterocycles. The van der Waals surface area contributed by atoms with Gasteiger partial charge in [0, 0.05) is 6.42 Å². The zero-order valence-electron chi connectivity index (χ0n) is 20.4. The number of aromatic nitrogens is 2. The zero-order chi connectivity index (χ0) is 24.3. The first-order chi connectivity index (χ1) is 17.1. The van der Waals surface area contributed by atoms with Gasteiger partial charge in [-0.2, -0.15) is 0 Å². The molecule has 4 aromatic rings. The van der Waals surface area contributed by atoms with Crippen LogP contribution < -0.4 is 10.3 Å². The molecule has 1 saturated carbocycles. The summed E-state index contributed by atoms with van der Waals surface area (Å²) >= 11 is 0. The summed E-state index contributed by atoms with van der Waals surface area (Å²) in [4.78, 5) is 13.4. The Hall–Kier alpha value is -3.66. The summed E-state index contributed by atoms with van der Waals surface area (Å²) in [6.07, 6.45) is 8.30. The number of amides is 1. The molecule has 1 aromatic heterocycles. The minimum Gasteiger partial charge on any atom is -0.369 e. The standard InChI is InChI=1S/C31H33N3O/c1-2-29-33(23-24-12-6-3-7-13-24)20-21-34(29)28-19-18-27(22-28)31(30(32)35,25-14-8-4-9-15-25)26-16-10-5-11-17-26/h3-17,20-21,27-28H,2,18-19,22-23H2,1H3,(H-,32,35)/p+1/t27-,28+/m0/s1. The maximum Gasteiger partial charge on any atom is 0.256 e. The van der Waals surface area contributed by atoms with Gasteiger partial charge < -0.3 is 5.73 Å². The van der Waals surface area contributed by atoms with E-state index in [2.05, 4.69) is 83.0 Å². The molecule has 35 heavy (non-hydrogen) atoms. The van der Waals surface area contributed by atoms with Crippen LogP contribution in [0.25, 0.3) is 0 Å². The summed E-state index contributed by atoms with van der Waals surface area (Å²) in [5.74, 6) is 1.19. The van der Waals surface area contributed by atoms with Crippen LogP contribution in [-0.4, -0.2) is 10.5 Å². The minimum absolute atomic E-state index is 0.129. The highest BCUT2D eigenvalue weighted by atomic mass is 16.1. The van der Waals surface area contributed by atoms with Gasteiger partial charge in [-0.05, 0) is 41.9 Å². The first-order valence-corrected chi connectivity index (χ1v) is 12.7. The molecule has 3 aromatic carbocycles. The number of nitrogens with zero attached hydrogens (tertiary/aromatic N) is 2. The molecule has 1 fully saturated rings. The zero-order valence-corrected chi connectivity index (χ0v) is 20.4. The van der Waals surface area contributed by atoms with Gasteiger partial charge in [0.1, 0.15) is 30.4 Å². The molecule has 0 unspecified atom stereocenters. The minimum atomic E-state index is -0.836. The van der Waals surface area contributed by atoms with Gasteiger partial charge in [-0.25, -0.2) is 9.13 Å². The van der Waals surface area contributed by atoms with Crippen molar-refractivity contribution in [3.05, 3.63) is 126 Å². The molecule has 1 heterocycles. The Kier molecular flexibility index (Phi) is 6.54. The van der Waals surface area contributed by atoms with E-state index in [9.17, 15) is 4.79 Å². The van der Waals surface area contributed by atoms with Crippen molar-refractivity contribution < 1.29 is 9.36 Å². The Morgan fingerprint density at radius 1 is 0.914 bits per heavy atom. The first-order valence-electron chi connectivity index (χ1n) is 12.7. The predicted molar refractivity (Wildman–Crippen MR) is 139 cm³/mol. The van der Waals surface area contributed by atoms with Crippen LogP contribution in [0.2, 0.25) is 0 Å². The fourth-order valence-corrected chi connectivity index (χ4v) is 6.24. The maximum atomic E-state index is 13.4. The van der Waals surface area contributed by atoms with E-state index < -0.39 is 5.41 Å². The number of imidazole rings is 1. The van der Waals surface area contributed by atoms with Gasteiger partial charge in [-0.15, -0.1) is 0 Å². The van der Waals surface area contributed by atoms with E-state index in [0.29, 0.717) is 6.04 Å². The lowest BCUT2D eigenvalue weighted by molar-refractivity contribution is -0.695. The number of hydrogen-bond donors (Lipinski definition) is 1. The van der Waals surface area contributed by atoms with Crippen LogP contribution in [0.4, 0.5) is 0 Å². The molecule has 4 nitrogen and oxygen atoms in total. The molecule has 4 heteroatoms. The quantitative estimate of drug-likeness (QED) is 0.358. The number of rotatable bonds is 8. The lowest BCUT2D eigenvalue weighted by Crippen LogP contribution is -2.47. The largest absolute Gasteiger partial charge is 0.369 e. The fraction of sp³-hybridized carbons (Fsp3) is 0.290. The van der Waals surface area contributed by atoms with Gasteiger partial charge in [-0.1, -0.05) is 97.9 Å². The molecule has 1 aliphatic rings. The highest BCUT2D eigenvalue weighted by Gasteiger charge is 2.51. The number of carbonyl (C=O) groups excluding carboxylic acids is 1. The van der Waals surface area contributed by atoms with Crippen molar-refractivity contribution in [2.75, 3.05) is 0 Å². The summed E-state index contributed by atoms with van der Waals surface area (Å²) < 4.78 is 4.81. The number of nitrogens with two attached hydrogens (primary N) is 1. The van der Waals surface area contributed by atoms with Crippen LogP contribution in [0.15, 0.2) is 103 Å². The Morgan fingerprint density at radius 3 is 2.03 bits per heavy atom. The molecule has 0 saturated heterocycles. The van der Waals surface area contributed by atoms with Crippen molar-refractivity contribution in [3.63, 3.8) is 0 Å². The lowest BCUT2D eigenvalue weighted by atomic mass is 9.64. The van der Waals surface area contributed by atoms with Crippen LogP contribution in [0.1, 0.15) is 54.7 Å². The molecular formula is C31H34N3O+. The van der Waals surface area contributed by atoms with E-state index in [0.717, 1.165) is 43.4 Å². The highest BCUT2D eigenvalue weighted by molar-refractivity contribution is 5.91.